The first-order chi connectivity index (χ1) is 7.38. The highest BCUT2D eigenvalue weighted by Gasteiger charge is 1.96. The zero-order valence-corrected chi connectivity index (χ0v) is 11.1. The van der Waals surface area contributed by atoms with Gasteiger partial charge in [-0.2, -0.15) is 0 Å². The van der Waals surface area contributed by atoms with Gasteiger partial charge in [-0.15, -0.1) is 0 Å². The van der Waals surface area contributed by atoms with E-state index in [1.807, 2.05) is 42.5 Å². The van der Waals surface area contributed by atoms with Crippen molar-refractivity contribution in [3.8, 4) is 11.5 Å². The Bertz CT molecular complexity index is 413. The van der Waals surface area contributed by atoms with Crippen LogP contribution in [0.15, 0.2) is 54.6 Å². The van der Waals surface area contributed by atoms with Gasteiger partial charge in [-0.1, -0.05) is 52.4 Å². The lowest BCUT2D eigenvalue weighted by atomic mass is 10.3. The zero-order chi connectivity index (χ0) is 10.5. The minimum Gasteiger partial charge on any atom is -0.457 e. The molecule has 15 heavy (non-hydrogen) atoms. The average molecular weight is 328 g/mol. The minimum absolute atomic E-state index is 0.809. The molecule has 76 valence electrons. The fraction of sp³-hybridized carbons (Fsp3) is 0. The summed E-state index contributed by atoms with van der Waals surface area (Å²) in [5, 5.41) is 1.34. The summed E-state index contributed by atoms with van der Waals surface area (Å²) >= 11 is 2.38. The summed E-state index contributed by atoms with van der Waals surface area (Å²) in [7, 11) is 0. The second kappa shape index (κ2) is 5.47. The van der Waals surface area contributed by atoms with Crippen molar-refractivity contribution in [2.75, 3.05) is 0 Å². The number of ether oxygens (including phenoxy) is 1. The van der Waals surface area contributed by atoms with Gasteiger partial charge in [-0.25, -0.2) is 0 Å². The van der Waals surface area contributed by atoms with E-state index in [2.05, 4.69) is 34.2 Å². The molecule has 2 aromatic rings. The molecule has 1 nitrogen and oxygen atoms in total. The minimum atomic E-state index is 0.809. The molecule has 0 aliphatic carbocycles. The van der Waals surface area contributed by atoms with Crippen molar-refractivity contribution < 1.29 is 4.74 Å². The fourth-order valence-electron chi connectivity index (χ4n) is 1.21. The van der Waals surface area contributed by atoms with Gasteiger partial charge in [0.1, 0.15) is 11.5 Å². The van der Waals surface area contributed by atoms with E-state index < -0.39 is 0 Å². The van der Waals surface area contributed by atoms with Gasteiger partial charge >= 0.3 is 0 Å². The average Bonchev–Trinajstić information content (AvgIpc) is 2.31. The van der Waals surface area contributed by atoms with Crippen molar-refractivity contribution >= 4 is 33.6 Å². The molecule has 3 heteroatoms. The summed E-state index contributed by atoms with van der Waals surface area (Å²) in [5.41, 5.74) is 0. The highest BCUT2D eigenvalue weighted by molar-refractivity contribution is 14.2. The van der Waals surface area contributed by atoms with Crippen LogP contribution in [-0.4, -0.2) is 0 Å². The standard InChI is InChI=1S/C12H10IOP/c13-15-12-8-6-11(7-9-12)14-10-4-2-1-3-5-10/h1-9,15H. The SMILES string of the molecule is IPc1ccc(Oc2ccccc2)cc1. The van der Waals surface area contributed by atoms with Crippen molar-refractivity contribution in [3.63, 3.8) is 0 Å². The maximum Gasteiger partial charge on any atom is 0.127 e. The summed E-state index contributed by atoms with van der Waals surface area (Å²) in [6.45, 7) is 0. The molecule has 0 amide bonds. The lowest BCUT2D eigenvalue weighted by Crippen LogP contribution is -1.90. The third kappa shape index (κ3) is 3.18. The second-order valence-corrected chi connectivity index (χ2v) is 5.42. The summed E-state index contributed by atoms with van der Waals surface area (Å²) in [5.74, 6) is 1.77. The topological polar surface area (TPSA) is 9.23 Å². The van der Waals surface area contributed by atoms with Crippen molar-refractivity contribution in [1.82, 2.24) is 0 Å². The maximum atomic E-state index is 5.68. The van der Waals surface area contributed by atoms with E-state index in [0.29, 0.717) is 0 Å². The van der Waals surface area contributed by atoms with Crippen LogP contribution in [0.5, 0.6) is 11.5 Å². The van der Waals surface area contributed by atoms with E-state index in [0.717, 1.165) is 17.7 Å². The summed E-state index contributed by atoms with van der Waals surface area (Å²) in [4.78, 5) is 0. The molecule has 0 saturated heterocycles. The molecule has 0 aliphatic heterocycles. The lowest BCUT2D eigenvalue weighted by molar-refractivity contribution is 0.483. The molecular formula is C12H10IOP. The van der Waals surface area contributed by atoms with Gasteiger partial charge in [0.15, 0.2) is 0 Å². The third-order valence-electron chi connectivity index (χ3n) is 1.94. The van der Waals surface area contributed by atoms with Gasteiger partial charge in [-0.05, 0) is 35.8 Å². The van der Waals surface area contributed by atoms with Crippen LogP contribution in [0.2, 0.25) is 0 Å². The van der Waals surface area contributed by atoms with Crippen LogP contribution in [0.3, 0.4) is 0 Å². The monoisotopic (exact) mass is 328 g/mol. The maximum absolute atomic E-state index is 5.68. The van der Waals surface area contributed by atoms with Crippen molar-refractivity contribution in [1.29, 1.82) is 0 Å². The molecule has 0 spiro atoms. The molecule has 0 heterocycles. The van der Waals surface area contributed by atoms with Gasteiger partial charge in [0.05, 0.1) is 0 Å². The van der Waals surface area contributed by atoms with Crippen LogP contribution >= 0.6 is 28.3 Å². The molecule has 1 atom stereocenters. The molecule has 0 bridgehead atoms. The Hall–Kier alpha value is -0.600. The number of halogens is 1. The largest absolute Gasteiger partial charge is 0.457 e. The molecule has 1 unspecified atom stereocenters. The zero-order valence-electron chi connectivity index (χ0n) is 7.98. The second-order valence-electron chi connectivity index (χ2n) is 3.03. The highest BCUT2D eigenvalue weighted by atomic mass is 127. The Kier molecular flexibility index (Phi) is 3.98. The highest BCUT2D eigenvalue weighted by Crippen LogP contribution is 2.23. The number of rotatable bonds is 3. The molecular weight excluding hydrogens is 318 g/mol. The van der Waals surface area contributed by atoms with Crippen molar-refractivity contribution in [3.05, 3.63) is 54.6 Å². The molecule has 0 radical (unpaired) electrons. The molecule has 0 fully saturated rings. The molecule has 0 aliphatic rings. The van der Waals surface area contributed by atoms with Crippen molar-refractivity contribution in [2.45, 2.75) is 0 Å². The number of benzene rings is 2. The summed E-state index contributed by atoms with van der Waals surface area (Å²) in [6.07, 6.45) is 0.809. The van der Waals surface area contributed by atoms with Crippen LogP contribution in [-0.2, 0) is 0 Å². The van der Waals surface area contributed by atoms with Crippen LogP contribution in [0.25, 0.3) is 0 Å². The quantitative estimate of drug-likeness (QED) is 0.608. The molecule has 0 N–H and O–H groups in total. The molecule has 0 saturated carbocycles. The first-order valence-corrected chi connectivity index (χ1v) is 8.69. The van der Waals surface area contributed by atoms with E-state index in [9.17, 15) is 0 Å². The first-order valence-electron chi connectivity index (χ1n) is 4.58. The van der Waals surface area contributed by atoms with Gasteiger partial charge in [0.25, 0.3) is 0 Å². The smallest absolute Gasteiger partial charge is 0.127 e. The Morgan fingerprint density at radius 1 is 0.800 bits per heavy atom. The van der Waals surface area contributed by atoms with E-state index in [1.54, 1.807) is 0 Å². The third-order valence-corrected chi connectivity index (χ3v) is 4.36. The first kappa shape index (κ1) is 10.9. The van der Waals surface area contributed by atoms with Crippen LogP contribution in [0.1, 0.15) is 0 Å². The van der Waals surface area contributed by atoms with Crippen LogP contribution < -0.4 is 10.0 Å². The van der Waals surface area contributed by atoms with Gasteiger partial charge in [0, 0.05) is 0 Å². The summed E-state index contributed by atoms with van der Waals surface area (Å²) in [6, 6.07) is 18.0. The molecule has 2 rings (SSSR count). The van der Waals surface area contributed by atoms with Gasteiger partial charge < -0.3 is 4.74 Å². The van der Waals surface area contributed by atoms with Crippen LogP contribution in [0.4, 0.5) is 0 Å². The Labute approximate surface area is 104 Å². The van der Waals surface area contributed by atoms with Crippen molar-refractivity contribution in [2.24, 2.45) is 0 Å². The predicted octanol–water partition coefficient (Wildman–Crippen LogP) is 4.13. The summed E-state index contributed by atoms with van der Waals surface area (Å²) < 4.78 is 5.68. The number of para-hydroxylation sites is 1. The number of hydrogen-bond acceptors (Lipinski definition) is 1. The fourth-order valence-corrected chi connectivity index (χ4v) is 2.58. The Morgan fingerprint density at radius 2 is 1.40 bits per heavy atom. The Balaban J connectivity index is 2.11. The van der Waals surface area contributed by atoms with E-state index in [-0.39, 0.29) is 0 Å². The molecule has 2 aromatic carbocycles. The van der Waals surface area contributed by atoms with Gasteiger partial charge in [-0.3, -0.25) is 0 Å². The van der Waals surface area contributed by atoms with Crippen LogP contribution in [0, 0.1) is 0 Å². The lowest BCUT2D eigenvalue weighted by Gasteiger charge is -2.05. The normalized spacial score (nSPS) is 10.7. The molecule has 0 aromatic heterocycles. The van der Waals surface area contributed by atoms with E-state index in [4.69, 9.17) is 4.74 Å². The van der Waals surface area contributed by atoms with E-state index >= 15 is 0 Å². The number of hydrogen-bond donors (Lipinski definition) is 0. The van der Waals surface area contributed by atoms with E-state index in [1.165, 1.54) is 5.30 Å². The Morgan fingerprint density at radius 3 is 2.00 bits per heavy atom. The predicted molar refractivity (Wildman–Crippen MR) is 74.9 cm³/mol. The van der Waals surface area contributed by atoms with Gasteiger partial charge in [0.2, 0.25) is 0 Å².